The van der Waals surface area contributed by atoms with E-state index in [1.54, 1.807) is 0 Å². The highest BCUT2D eigenvalue weighted by molar-refractivity contribution is 5.57. The van der Waals surface area contributed by atoms with E-state index >= 15 is 0 Å². The summed E-state index contributed by atoms with van der Waals surface area (Å²) in [6, 6.07) is 0. The number of hydrogen-bond acceptors (Lipinski definition) is 5. The molecule has 0 aliphatic heterocycles. The van der Waals surface area contributed by atoms with Crippen molar-refractivity contribution in [3.63, 3.8) is 0 Å². The number of aromatic nitrogens is 2. The lowest BCUT2D eigenvalue weighted by molar-refractivity contribution is 0.0696. The van der Waals surface area contributed by atoms with Gasteiger partial charge in [0.15, 0.2) is 0 Å². The monoisotopic (exact) mass is 266 g/mol. The van der Waals surface area contributed by atoms with Crippen molar-refractivity contribution in [1.29, 1.82) is 0 Å². The Hall–Kier alpha value is -1.36. The van der Waals surface area contributed by atoms with Crippen LogP contribution in [-0.4, -0.2) is 34.3 Å². The standard InChI is InChI=1S/C14H26N4O/c1-7-14(5,19)8-16-13-10(4)12(15-6)17-11(18-13)9(2)3/h9,19H,7-8H2,1-6H3,(H2,15,16,17,18). The van der Waals surface area contributed by atoms with Gasteiger partial charge in [0.05, 0.1) is 5.60 Å². The topological polar surface area (TPSA) is 70.1 Å². The lowest BCUT2D eigenvalue weighted by Gasteiger charge is -2.23. The summed E-state index contributed by atoms with van der Waals surface area (Å²) in [5, 5.41) is 16.4. The van der Waals surface area contributed by atoms with E-state index in [0.29, 0.717) is 13.0 Å². The summed E-state index contributed by atoms with van der Waals surface area (Å²) in [6.07, 6.45) is 0.694. The third kappa shape index (κ3) is 4.06. The second kappa shape index (κ2) is 6.19. The Morgan fingerprint density at radius 3 is 2.32 bits per heavy atom. The van der Waals surface area contributed by atoms with E-state index in [1.165, 1.54) is 0 Å². The number of rotatable bonds is 6. The lowest BCUT2D eigenvalue weighted by Crippen LogP contribution is -2.33. The largest absolute Gasteiger partial charge is 0.388 e. The number of hydrogen-bond donors (Lipinski definition) is 3. The highest BCUT2D eigenvalue weighted by Gasteiger charge is 2.19. The SMILES string of the molecule is CCC(C)(O)CNc1nc(C(C)C)nc(NC)c1C. The maximum absolute atomic E-state index is 10.1. The molecule has 1 aromatic heterocycles. The number of nitrogens with one attached hydrogen (secondary N) is 2. The average molecular weight is 266 g/mol. The van der Waals surface area contributed by atoms with Crippen LogP contribution in [0.25, 0.3) is 0 Å². The molecule has 0 bridgehead atoms. The summed E-state index contributed by atoms with van der Waals surface area (Å²) in [6.45, 7) is 10.4. The maximum atomic E-state index is 10.1. The van der Waals surface area contributed by atoms with Crippen LogP contribution in [0.3, 0.4) is 0 Å². The molecule has 19 heavy (non-hydrogen) atoms. The van der Waals surface area contributed by atoms with Gasteiger partial charge in [0.2, 0.25) is 0 Å². The molecule has 0 fully saturated rings. The summed E-state index contributed by atoms with van der Waals surface area (Å²) < 4.78 is 0. The molecule has 0 saturated heterocycles. The van der Waals surface area contributed by atoms with Crippen molar-refractivity contribution in [3.05, 3.63) is 11.4 Å². The Bertz CT molecular complexity index is 430. The molecule has 0 aliphatic rings. The highest BCUT2D eigenvalue weighted by atomic mass is 16.3. The van der Waals surface area contributed by atoms with Crippen LogP contribution in [0.4, 0.5) is 11.6 Å². The molecule has 0 amide bonds. The van der Waals surface area contributed by atoms with Gasteiger partial charge in [0.1, 0.15) is 17.5 Å². The smallest absolute Gasteiger partial charge is 0.135 e. The van der Waals surface area contributed by atoms with E-state index in [0.717, 1.165) is 23.0 Å². The first-order chi connectivity index (χ1) is 8.80. The first-order valence-electron chi connectivity index (χ1n) is 6.83. The molecule has 1 rings (SSSR count). The van der Waals surface area contributed by atoms with Gasteiger partial charge in [-0.15, -0.1) is 0 Å². The van der Waals surface area contributed by atoms with E-state index in [-0.39, 0.29) is 5.92 Å². The predicted octanol–water partition coefficient (Wildman–Crippen LogP) is 2.52. The Kier molecular flexibility index (Phi) is 5.11. The fraction of sp³-hybridized carbons (Fsp3) is 0.714. The molecule has 0 radical (unpaired) electrons. The van der Waals surface area contributed by atoms with Crippen molar-refractivity contribution in [1.82, 2.24) is 9.97 Å². The number of aliphatic hydroxyl groups is 1. The van der Waals surface area contributed by atoms with E-state index in [9.17, 15) is 5.11 Å². The summed E-state index contributed by atoms with van der Waals surface area (Å²) in [7, 11) is 1.85. The molecule has 0 aliphatic carbocycles. The van der Waals surface area contributed by atoms with Gasteiger partial charge in [-0.3, -0.25) is 0 Å². The first kappa shape index (κ1) is 15.7. The zero-order valence-electron chi connectivity index (χ0n) is 12.8. The van der Waals surface area contributed by atoms with Crippen LogP contribution in [-0.2, 0) is 0 Å². The molecule has 108 valence electrons. The van der Waals surface area contributed by atoms with Crippen LogP contribution in [0.15, 0.2) is 0 Å². The fourth-order valence-electron chi connectivity index (χ4n) is 1.61. The Labute approximate surface area is 115 Å². The minimum absolute atomic E-state index is 0.264. The van der Waals surface area contributed by atoms with Crippen LogP contribution < -0.4 is 10.6 Å². The maximum Gasteiger partial charge on any atom is 0.135 e. The third-order valence-corrected chi connectivity index (χ3v) is 3.31. The first-order valence-corrected chi connectivity index (χ1v) is 6.83. The highest BCUT2D eigenvalue weighted by Crippen LogP contribution is 2.23. The van der Waals surface area contributed by atoms with Crippen LogP contribution in [0, 0.1) is 6.92 Å². The van der Waals surface area contributed by atoms with Gasteiger partial charge in [-0.2, -0.15) is 0 Å². The minimum Gasteiger partial charge on any atom is -0.388 e. The van der Waals surface area contributed by atoms with Crippen molar-refractivity contribution < 1.29 is 5.11 Å². The number of anilines is 2. The quantitative estimate of drug-likeness (QED) is 0.738. The molecule has 1 atom stereocenters. The number of nitrogens with zero attached hydrogens (tertiary/aromatic N) is 2. The van der Waals surface area contributed by atoms with Crippen molar-refractivity contribution >= 4 is 11.6 Å². The molecule has 0 spiro atoms. The summed E-state index contributed by atoms with van der Waals surface area (Å²) in [4.78, 5) is 9.04. The van der Waals surface area contributed by atoms with Crippen molar-refractivity contribution in [2.45, 2.75) is 52.6 Å². The minimum atomic E-state index is -0.727. The zero-order valence-corrected chi connectivity index (χ0v) is 12.8. The second-order valence-corrected chi connectivity index (χ2v) is 5.51. The Balaban J connectivity index is 3.02. The molecule has 3 N–H and O–H groups in total. The normalized spacial score (nSPS) is 14.3. The van der Waals surface area contributed by atoms with Gasteiger partial charge >= 0.3 is 0 Å². The summed E-state index contributed by atoms with van der Waals surface area (Å²) in [5.41, 5.74) is 0.244. The molecule has 5 nitrogen and oxygen atoms in total. The Morgan fingerprint density at radius 1 is 1.26 bits per heavy atom. The fourth-order valence-corrected chi connectivity index (χ4v) is 1.61. The summed E-state index contributed by atoms with van der Waals surface area (Å²) >= 11 is 0. The lowest BCUT2D eigenvalue weighted by atomic mass is 10.0. The molecule has 1 aromatic rings. The molecule has 5 heteroatoms. The van der Waals surface area contributed by atoms with Gasteiger partial charge < -0.3 is 15.7 Å². The van der Waals surface area contributed by atoms with Gasteiger partial charge in [0, 0.05) is 25.1 Å². The van der Waals surface area contributed by atoms with Crippen LogP contribution in [0.1, 0.15) is 51.4 Å². The molecule has 1 unspecified atom stereocenters. The van der Waals surface area contributed by atoms with Crippen molar-refractivity contribution in [2.75, 3.05) is 24.2 Å². The molecular weight excluding hydrogens is 240 g/mol. The van der Waals surface area contributed by atoms with Gasteiger partial charge in [0.25, 0.3) is 0 Å². The van der Waals surface area contributed by atoms with Crippen molar-refractivity contribution in [3.8, 4) is 0 Å². The molecule has 0 aromatic carbocycles. The average Bonchev–Trinajstić information content (AvgIpc) is 2.37. The van der Waals surface area contributed by atoms with E-state index in [2.05, 4.69) is 34.4 Å². The van der Waals surface area contributed by atoms with Gasteiger partial charge in [-0.1, -0.05) is 20.8 Å². The molecule has 1 heterocycles. The van der Waals surface area contributed by atoms with Gasteiger partial charge in [-0.25, -0.2) is 9.97 Å². The zero-order chi connectivity index (χ0) is 14.6. The summed E-state index contributed by atoms with van der Waals surface area (Å²) in [5.74, 6) is 2.68. The second-order valence-electron chi connectivity index (χ2n) is 5.51. The van der Waals surface area contributed by atoms with Crippen LogP contribution >= 0.6 is 0 Å². The van der Waals surface area contributed by atoms with Crippen LogP contribution in [0.5, 0.6) is 0 Å². The van der Waals surface area contributed by atoms with E-state index in [4.69, 9.17) is 0 Å². The molecule has 0 saturated carbocycles. The van der Waals surface area contributed by atoms with E-state index in [1.807, 2.05) is 27.8 Å². The van der Waals surface area contributed by atoms with E-state index < -0.39 is 5.60 Å². The third-order valence-electron chi connectivity index (χ3n) is 3.31. The molecular formula is C14H26N4O. The van der Waals surface area contributed by atoms with Crippen molar-refractivity contribution in [2.24, 2.45) is 0 Å². The Morgan fingerprint density at radius 2 is 1.84 bits per heavy atom. The van der Waals surface area contributed by atoms with Crippen LogP contribution in [0.2, 0.25) is 0 Å². The van der Waals surface area contributed by atoms with Gasteiger partial charge in [-0.05, 0) is 20.3 Å². The predicted molar refractivity (Wildman–Crippen MR) is 79.8 cm³/mol.